The summed E-state index contributed by atoms with van der Waals surface area (Å²) in [5.41, 5.74) is 2.05. The lowest BCUT2D eigenvalue weighted by Crippen LogP contribution is -2.52. The van der Waals surface area contributed by atoms with Gasteiger partial charge in [0.05, 0.1) is 29.3 Å². The molecule has 0 heterocycles. The van der Waals surface area contributed by atoms with Gasteiger partial charge in [-0.3, -0.25) is 13.9 Å². The third kappa shape index (κ3) is 8.73. The number of benzene rings is 3. The number of rotatable bonds is 15. The van der Waals surface area contributed by atoms with Crippen molar-refractivity contribution in [3.63, 3.8) is 0 Å². The van der Waals surface area contributed by atoms with Crippen molar-refractivity contribution in [3.8, 4) is 11.5 Å². The monoisotopic (exact) mass is 673 g/mol. The number of nitrogens with one attached hydrogen (secondary N) is 1. The zero-order valence-electron chi connectivity index (χ0n) is 25.3. The van der Waals surface area contributed by atoms with Crippen LogP contribution in [0.2, 0.25) is 0 Å². The highest BCUT2D eigenvalue weighted by Crippen LogP contribution is 2.31. The summed E-state index contributed by atoms with van der Waals surface area (Å²) in [5, 5.41) is 2.94. The molecule has 9 nitrogen and oxygen atoms in total. The van der Waals surface area contributed by atoms with Crippen LogP contribution in [-0.4, -0.2) is 58.5 Å². The van der Waals surface area contributed by atoms with Crippen LogP contribution in [0.4, 0.5) is 5.69 Å². The van der Waals surface area contributed by atoms with Crippen molar-refractivity contribution in [1.82, 2.24) is 10.2 Å². The molecule has 1 unspecified atom stereocenters. The standard InChI is InChI=1S/C32H40BrN3O6S/c1-6-8-19-34-32(38)29(7-2)35(21-24-11-15-26(41-4)16-12-24)31(37)22-36(25-13-9-23(3)10-14-25)43(39,40)27-17-18-30(42-5)28(33)20-27/h9-18,20,29H,6-8,19,21-22H2,1-5H3,(H,34,38). The predicted molar refractivity (Wildman–Crippen MR) is 172 cm³/mol. The number of hydrogen-bond donors (Lipinski definition) is 1. The van der Waals surface area contributed by atoms with Crippen molar-refractivity contribution in [3.05, 3.63) is 82.3 Å². The van der Waals surface area contributed by atoms with Crippen LogP contribution >= 0.6 is 15.9 Å². The van der Waals surface area contributed by atoms with Gasteiger partial charge in [-0.2, -0.15) is 0 Å². The summed E-state index contributed by atoms with van der Waals surface area (Å²) in [7, 11) is -1.15. The quantitative estimate of drug-likeness (QED) is 0.208. The van der Waals surface area contributed by atoms with Crippen LogP contribution in [0, 0.1) is 6.92 Å². The van der Waals surface area contributed by atoms with Crippen LogP contribution in [-0.2, 0) is 26.2 Å². The van der Waals surface area contributed by atoms with E-state index in [-0.39, 0.29) is 17.3 Å². The van der Waals surface area contributed by atoms with Crippen molar-refractivity contribution in [2.24, 2.45) is 0 Å². The lowest BCUT2D eigenvalue weighted by Gasteiger charge is -2.33. The SMILES string of the molecule is CCCCNC(=O)C(CC)N(Cc1ccc(OC)cc1)C(=O)CN(c1ccc(C)cc1)S(=O)(=O)c1ccc(OC)c(Br)c1. The zero-order valence-corrected chi connectivity index (χ0v) is 27.7. The molecule has 0 aliphatic heterocycles. The molecule has 11 heteroatoms. The predicted octanol–water partition coefficient (Wildman–Crippen LogP) is 5.69. The number of halogens is 1. The van der Waals surface area contributed by atoms with Gasteiger partial charge in [0, 0.05) is 13.1 Å². The number of methoxy groups -OCH3 is 2. The van der Waals surface area contributed by atoms with Gasteiger partial charge in [0.2, 0.25) is 11.8 Å². The third-order valence-corrected chi connectivity index (χ3v) is 9.43. The van der Waals surface area contributed by atoms with Gasteiger partial charge < -0.3 is 19.7 Å². The van der Waals surface area contributed by atoms with Crippen molar-refractivity contribution in [1.29, 1.82) is 0 Å². The summed E-state index contributed by atoms with van der Waals surface area (Å²) >= 11 is 3.37. The van der Waals surface area contributed by atoms with Crippen LogP contribution in [0.25, 0.3) is 0 Å². The van der Waals surface area contributed by atoms with E-state index in [9.17, 15) is 18.0 Å². The van der Waals surface area contributed by atoms with Crippen LogP contribution in [0.3, 0.4) is 0 Å². The maximum atomic E-state index is 14.2. The number of carbonyl (C=O) groups excluding carboxylic acids is 2. The Morgan fingerprint density at radius 1 is 0.953 bits per heavy atom. The number of nitrogens with zero attached hydrogens (tertiary/aromatic N) is 2. The number of unbranched alkanes of at least 4 members (excludes halogenated alkanes) is 1. The average molecular weight is 675 g/mol. The van der Waals surface area contributed by atoms with Crippen LogP contribution < -0.4 is 19.1 Å². The Hall–Kier alpha value is -3.57. The van der Waals surface area contributed by atoms with Crippen LogP contribution in [0.5, 0.6) is 11.5 Å². The van der Waals surface area contributed by atoms with E-state index in [2.05, 4.69) is 21.2 Å². The van der Waals surface area contributed by atoms with Crippen molar-refractivity contribution >= 4 is 43.5 Å². The molecule has 0 saturated carbocycles. The first-order valence-electron chi connectivity index (χ1n) is 14.2. The van der Waals surface area contributed by atoms with Crippen molar-refractivity contribution in [2.75, 3.05) is 31.6 Å². The zero-order chi connectivity index (χ0) is 31.6. The summed E-state index contributed by atoms with van der Waals surface area (Å²) in [4.78, 5) is 29.0. The molecular formula is C32H40BrN3O6S. The first kappa shape index (κ1) is 33.9. The van der Waals surface area contributed by atoms with Crippen LogP contribution in [0.15, 0.2) is 76.1 Å². The number of ether oxygens (including phenoxy) is 2. The molecule has 2 amide bonds. The fourth-order valence-corrected chi connectivity index (χ4v) is 6.66. The molecule has 43 heavy (non-hydrogen) atoms. The minimum Gasteiger partial charge on any atom is -0.497 e. The second-order valence-corrected chi connectivity index (χ2v) is 12.8. The molecule has 0 aliphatic carbocycles. The Morgan fingerprint density at radius 2 is 1.63 bits per heavy atom. The van der Waals surface area contributed by atoms with Gasteiger partial charge in [0.25, 0.3) is 10.0 Å². The highest BCUT2D eigenvalue weighted by atomic mass is 79.9. The molecular weight excluding hydrogens is 634 g/mol. The van der Waals surface area contributed by atoms with Gasteiger partial charge in [0.15, 0.2) is 0 Å². The van der Waals surface area contributed by atoms with Gasteiger partial charge in [-0.15, -0.1) is 0 Å². The number of aryl methyl sites for hydroxylation is 1. The number of amides is 2. The Bertz CT molecular complexity index is 1480. The summed E-state index contributed by atoms with van der Waals surface area (Å²) in [6.07, 6.45) is 2.07. The number of hydrogen-bond acceptors (Lipinski definition) is 6. The van der Waals surface area contributed by atoms with E-state index < -0.39 is 28.5 Å². The van der Waals surface area contributed by atoms with E-state index in [4.69, 9.17) is 9.47 Å². The lowest BCUT2D eigenvalue weighted by molar-refractivity contribution is -0.140. The summed E-state index contributed by atoms with van der Waals surface area (Å²) in [6.45, 7) is 5.86. The molecule has 1 atom stereocenters. The normalized spacial score (nSPS) is 11.9. The van der Waals surface area contributed by atoms with E-state index in [1.54, 1.807) is 49.6 Å². The topological polar surface area (TPSA) is 105 Å². The van der Waals surface area contributed by atoms with E-state index in [0.717, 1.165) is 28.3 Å². The van der Waals surface area contributed by atoms with Gasteiger partial charge in [0.1, 0.15) is 24.1 Å². The largest absolute Gasteiger partial charge is 0.497 e. The van der Waals surface area contributed by atoms with E-state index in [0.29, 0.717) is 34.6 Å². The van der Waals surface area contributed by atoms with E-state index >= 15 is 0 Å². The lowest BCUT2D eigenvalue weighted by atomic mass is 10.1. The van der Waals surface area contributed by atoms with E-state index in [1.807, 2.05) is 32.9 Å². The molecule has 3 rings (SSSR count). The highest BCUT2D eigenvalue weighted by Gasteiger charge is 2.34. The van der Waals surface area contributed by atoms with Crippen molar-refractivity contribution < 1.29 is 27.5 Å². The molecule has 3 aromatic rings. The van der Waals surface area contributed by atoms with Gasteiger partial charge in [-0.05, 0) is 83.7 Å². The Labute approximate surface area is 263 Å². The van der Waals surface area contributed by atoms with Gasteiger partial charge in [-0.1, -0.05) is 50.1 Å². The molecule has 1 N–H and O–H groups in total. The molecule has 0 saturated heterocycles. The van der Waals surface area contributed by atoms with Gasteiger partial charge >= 0.3 is 0 Å². The minimum absolute atomic E-state index is 0.0143. The van der Waals surface area contributed by atoms with Crippen molar-refractivity contribution in [2.45, 2.75) is 57.5 Å². The Morgan fingerprint density at radius 3 is 2.19 bits per heavy atom. The molecule has 0 aliphatic rings. The first-order chi connectivity index (χ1) is 20.5. The second kappa shape index (κ2) is 15.8. The third-order valence-electron chi connectivity index (χ3n) is 7.04. The second-order valence-electron chi connectivity index (χ2n) is 10.1. The summed E-state index contributed by atoms with van der Waals surface area (Å²) in [5.74, 6) is 0.349. The number of sulfonamides is 1. The Balaban J connectivity index is 2.05. The maximum absolute atomic E-state index is 14.2. The fraction of sp³-hybridized carbons (Fsp3) is 0.375. The molecule has 232 valence electrons. The first-order valence-corrected chi connectivity index (χ1v) is 16.4. The summed E-state index contributed by atoms with van der Waals surface area (Å²) in [6, 6.07) is 17.8. The van der Waals surface area contributed by atoms with Gasteiger partial charge in [-0.25, -0.2) is 8.42 Å². The maximum Gasteiger partial charge on any atom is 0.264 e. The molecule has 0 fully saturated rings. The Kier molecular flexibility index (Phi) is 12.4. The minimum atomic E-state index is -4.21. The van der Waals surface area contributed by atoms with Crippen LogP contribution in [0.1, 0.15) is 44.2 Å². The highest BCUT2D eigenvalue weighted by molar-refractivity contribution is 9.10. The number of carbonyl (C=O) groups is 2. The molecule has 0 aromatic heterocycles. The summed E-state index contributed by atoms with van der Waals surface area (Å²) < 4.78 is 40.3. The average Bonchev–Trinajstić information content (AvgIpc) is 3.00. The molecule has 0 bridgehead atoms. The molecule has 0 radical (unpaired) electrons. The fourth-order valence-electron chi connectivity index (χ4n) is 4.53. The van der Waals surface area contributed by atoms with E-state index in [1.165, 1.54) is 24.1 Å². The molecule has 0 spiro atoms. The smallest absolute Gasteiger partial charge is 0.264 e. The molecule has 3 aromatic carbocycles. The number of anilines is 1.